The first kappa shape index (κ1) is 26.9. The van der Waals surface area contributed by atoms with E-state index in [-0.39, 0.29) is 17.5 Å². The minimum absolute atomic E-state index is 0.235. The zero-order chi connectivity index (χ0) is 29.5. The number of nitrogens with zero attached hydrogens (tertiary/aromatic N) is 5. The molecule has 2 aromatic carbocycles. The molecule has 216 valence electrons. The van der Waals surface area contributed by atoms with Crippen LogP contribution < -0.4 is 10.6 Å². The molecule has 2 amide bonds. The molecule has 0 fully saturated rings. The van der Waals surface area contributed by atoms with Crippen LogP contribution >= 0.6 is 11.3 Å². The van der Waals surface area contributed by atoms with Crippen molar-refractivity contribution in [3.8, 4) is 0 Å². The Balaban J connectivity index is 1.05. The van der Waals surface area contributed by atoms with Crippen LogP contribution in [-0.4, -0.2) is 53.2 Å². The van der Waals surface area contributed by atoms with Crippen molar-refractivity contribution in [2.75, 3.05) is 17.2 Å². The van der Waals surface area contributed by atoms with Gasteiger partial charge < -0.3 is 9.97 Å². The zero-order valence-electron chi connectivity index (χ0n) is 23.7. The lowest BCUT2D eigenvalue weighted by molar-refractivity contribution is 0.101. The maximum Gasteiger partial charge on any atom is 0.276 e. The molecule has 4 aromatic heterocycles. The van der Waals surface area contributed by atoms with Crippen LogP contribution in [0.2, 0.25) is 0 Å². The lowest BCUT2D eigenvalue weighted by atomic mass is 10.1. The van der Waals surface area contributed by atoms with E-state index in [4.69, 9.17) is 4.98 Å². The Bertz CT molecular complexity index is 2010. The van der Waals surface area contributed by atoms with Crippen molar-refractivity contribution in [1.82, 2.24) is 34.8 Å². The predicted octanol–water partition coefficient (Wildman–Crippen LogP) is 5.22. The maximum atomic E-state index is 13.4. The monoisotopic (exact) mass is 591 g/mol. The number of aromatic amines is 2. The van der Waals surface area contributed by atoms with E-state index in [2.05, 4.69) is 47.4 Å². The smallest absolute Gasteiger partial charge is 0.276 e. The minimum atomic E-state index is -0.397. The summed E-state index contributed by atoms with van der Waals surface area (Å²) in [7, 11) is 0. The predicted molar refractivity (Wildman–Crippen MR) is 166 cm³/mol. The van der Waals surface area contributed by atoms with Gasteiger partial charge in [-0.3, -0.25) is 30.1 Å². The van der Waals surface area contributed by atoms with Gasteiger partial charge in [-0.1, -0.05) is 37.3 Å². The van der Waals surface area contributed by atoms with Crippen molar-refractivity contribution in [2.24, 2.45) is 0 Å². The number of nitrogens with one attached hydrogen (secondary N) is 4. The number of aromatic nitrogens is 6. The highest BCUT2D eigenvalue weighted by Gasteiger charge is 2.24. The summed E-state index contributed by atoms with van der Waals surface area (Å²) in [4.78, 5) is 54.5. The minimum Gasteiger partial charge on any atom is -0.345 e. The summed E-state index contributed by atoms with van der Waals surface area (Å²) >= 11 is 1.50. The summed E-state index contributed by atoms with van der Waals surface area (Å²) in [5.74, 6) is 0.538. The largest absolute Gasteiger partial charge is 0.345 e. The number of hydrogen-bond acceptors (Lipinski definition) is 8. The topological polar surface area (TPSA) is 145 Å². The van der Waals surface area contributed by atoms with Gasteiger partial charge in [-0.05, 0) is 30.5 Å². The SMILES string of the molecule is CCc1nc(C)c(CN2CCc3nc(NC(=O)c4cccc5[nH]c(NC(=O)c6cc7ccccc7cn6)nc45)sc3C2)[nH]1. The normalized spacial score (nSPS) is 13.3. The van der Waals surface area contributed by atoms with Crippen LogP contribution in [0.3, 0.4) is 0 Å². The first-order valence-electron chi connectivity index (χ1n) is 14.1. The molecule has 5 heterocycles. The van der Waals surface area contributed by atoms with E-state index in [1.807, 2.05) is 37.3 Å². The van der Waals surface area contributed by atoms with Crippen LogP contribution in [0.4, 0.5) is 11.1 Å². The van der Waals surface area contributed by atoms with Crippen molar-refractivity contribution in [3.63, 3.8) is 0 Å². The number of anilines is 2. The number of rotatable bonds is 7. The van der Waals surface area contributed by atoms with Crippen molar-refractivity contribution >= 4 is 56.0 Å². The molecular weight excluding hydrogens is 562 g/mol. The lowest BCUT2D eigenvalue weighted by Crippen LogP contribution is -2.29. The molecule has 0 bridgehead atoms. The number of hydrogen-bond donors (Lipinski definition) is 4. The van der Waals surface area contributed by atoms with Crippen molar-refractivity contribution in [3.05, 3.63) is 93.8 Å². The molecule has 1 aliphatic heterocycles. The molecular formula is C31H29N9O2S. The van der Waals surface area contributed by atoms with Gasteiger partial charge in [0.05, 0.1) is 28.2 Å². The number of imidazole rings is 2. The van der Waals surface area contributed by atoms with Crippen LogP contribution in [-0.2, 0) is 25.9 Å². The second-order valence-corrected chi connectivity index (χ2v) is 11.6. The van der Waals surface area contributed by atoms with E-state index in [0.29, 0.717) is 21.7 Å². The van der Waals surface area contributed by atoms with Gasteiger partial charge in [-0.2, -0.15) is 0 Å². The van der Waals surface area contributed by atoms with Gasteiger partial charge in [0.15, 0.2) is 5.13 Å². The number of H-pyrrole nitrogens is 2. The summed E-state index contributed by atoms with van der Waals surface area (Å²) < 4.78 is 0. The number of para-hydroxylation sites is 1. The number of thiazole rings is 1. The molecule has 12 heteroatoms. The molecule has 6 aromatic rings. The zero-order valence-corrected chi connectivity index (χ0v) is 24.5. The average Bonchev–Trinajstić information content (AvgIpc) is 3.72. The molecule has 4 N–H and O–H groups in total. The second kappa shape index (κ2) is 11.0. The molecule has 43 heavy (non-hydrogen) atoms. The molecule has 7 rings (SSSR count). The molecule has 0 radical (unpaired) electrons. The lowest BCUT2D eigenvalue weighted by Gasteiger charge is -2.25. The summed E-state index contributed by atoms with van der Waals surface area (Å²) in [5, 5.41) is 8.17. The summed E-state index contributed by atoms with van der Waals surface area (Å²) in [6.07, 6.45) is 3.37. The molecule has 0 saturated carbocycles. The van der Waals surface area contributed by atoms with Crippen LogP contribution in [0.15, 0.2) is 54.7 Å². The third kappa shape index (κ3) is 5.38. The summed E-state index contributed by atoms with van der Waals surface area (Å²) in [5.41, 5.74) is 4.95. The third-order valence-electron chi connectivity index (χ3n) is 7.63. The highest BCUT2D eigenvalue weighted by molar-refractivity contribution is 7.15. The Labute approximate surface area is 250 Å². The van der Waals surface area contributed by atoms with Crippen molar-refractivity contribution < 1.29 is 9.59 Å². The van der Waals surface area contributed by atoms with E-state index in [9.17, 15) is 9.59 Å². The standard InChI is InChI=1S/C31H29N9O2S/c1-3-26-33-17(2)24(34-26)15-40-12-11-21-25(16-40)43-31(36-21)39-28(41)20-9-6-10-22-27(20)37-30(35-22)38-29(42)23-13-18-7-4-5-8-19(18)14-32-23/h4-10,13-14H,3,11-12,15-16H2,1-2H3,(H,33,34)(H,36,39,41)(H2,35,37,38,42). The van der Waals surface area contributed by atoms with Gasteiger partial charge in [0.25, 0.3) is 11.8 Å². The number of pyridine rings is 1. The van der Waals surface area contributed by atoms with E-state index in [1.165, 1.54) is 11.3 Å². The van der Waals surface area contributed by atoms with E-state index in [1.54, 1.807) is 24.4 Å². The summed E-state index contributed by atoms with van der Waals surface area (Å²) in [6, 6.07) is 14.7. The van der Waals surface area contributed by atoms with E-state index in [0.717, 1.165) is 71.0 Å². The Morgan fingerprint density at radius 3 is 2.70 bits per heavy atom. The number of carbonyl (C=O) groups excluding carboxylic acids is 2. The maximum absolute atomic E-state index is 13.4. The van der Waals surface area contributed by atoms with Gasteiger partial charge in [-0.15, -0.1) is 11.3 Å². The van der Waals surface area contributed by atoms with Crippen LogP contribution in [0.1, 0.15) is 55.6 Å². The fourth-order valence-electron chi connectivity index (χ4n) is 5.36. The number of carbonyl (C=O) groups is 2. The highest BCUT2D eigenvalue weighted by atomic mass is 32.1. The molecule has 1 aliphatic rings. The molecule has 0 saturated heterocycles. The van der Waals surface area contributed by atoms with E-state index < -0.39 is 5.91 Å². The van der Waals surface area contributed by atoms with E-state index >= 15 is 0 Å². The van der Waals surface area contributed by atoms with Gasteiger partial charge in [0, 0.05) is 48.9 Å². The van der Waals surface area contributed by atoms with Crippen LogP contribution in [0, 0.1) is 6.92 Å². The Hall–Kier alpha value is -4.94. The Morgan fingerprint density at radius 2 is 1.86 bits per heavy atom. The number of amides is 2. The van der Waals surface area contributed by atoms with Gasteiger partial charge in [-0.25, -0.2) is 15.0 Å². The molecule has 0 unspecified atom stereocenters. The molecule has 11 nitrogen and oxygen atoms in total. The van der Waals surface area contributed by atoms with Gasteiger partial charge in [0.1, 0.15) is 17.0 Å². The third-order valence-corrected chi connectivity index (χ3v) is 8.63. The molecule has 0 aliphatic carbocycles. The van der Waals surface area contributed by atoms with Crippen LogP contribution in [0.5, 0.6) is 0 Å². The fraction of sp³-hybridized carbons (Fsp3) is 0.226. The second-order valence-electron chi connectivity index (χ2n) is 10.6. The first-order chi connectivity index (χ1) is 20.9. The highest BCUT2D eigenvalue weighted by Crippen LogP contribution is 2.30. The number of benzene rings is 2. The van der Waals surface area contributed by atoms with Gasteiger partial charge >= 0.3 is 0 Å². The Morgan fingerprint density at radius 1 is 1.00 bits per heavy atom. The average molecular weight is 592 g/mol. The molecule has 0 spiro atoms. The number of aryl methyl sites for hydroxylation is 2. The molecule has 0 atom stereocenters. The van der Waals surface area contributed by atoms with Crippen LogP contribution in [0.25, 0.3) is 21.8 Å². The quantitative estimate of drug-likeness (QED) is 0.199. The summed E-state index contributed by atoms with van der Waals surface area (Å²) in [6.45, 7) is 6.60. The number of fused-ring (bicyclic) bond motifs is 3. The fourth-order valence-corrected chi connectivity index (χ4v) is 6.41. The van der Waals surface area contributed by atoms with Crippen molar-refractivity contribution in [1.29, 1.82) is 0 Å². The Kier molecular flexibility index (Phi) is 6.92. The van der Waals surface area contributed by atoms with Gasteiger partial charge in [0.2, 0.25) is 5.95 Å². The first-order valence-corrected chi connectivity index (χ1v) is 15.0. The van der Waals surface area contributed by atoms with Crippen molar-refractivity contribution in [2.45, 2.75) is 39.8 Å².